The Morgan fingerprint density at radius 1 is 1.12 bits per heavy atom. The van der Waals surface area contributed by atoms with Crippen LogP contribution >= 0.6 is 11.8 Å². The minimum absolute atomic E-state index is 0.263. The van der Waals surface area contributed by atoms with Gasteiger partial charge in [0.15, 0.2) is 0 Å². The summed E-state index contributed by atoms with van der Waals surface area (Å²) >= 11 is 1.31. The van der Waals surface area contributed by atoms with E-state index < -0.39 is 12.0 Å². The number of fused-ring (bicyclic) bond motifs is 1. The second kappa shape index (κ2) is 9.44. The van der Waals surface area contributed by atoms with Crippen LogP contribution in [0.1, 0.15) is 17.2 Å². The molecule has 2 unspecified atom stereocenters. The molecule has 0 radical (unpaired) electrons. The number of nitrogens with one attached hydrogen (secondary N) is 2. The van der Waals surface area contributed by atoms with Crippen molar-refractivity contribution in [2.75, 3.05) is 10.6 Å². The van der Waals surface area contributed by atoms with Crippen molar-refractivity contribution in [1.82, 2.24) is 24.7 Å². The lowest BCUT2D eigenvalue weighted by atomic mass is 9.89. The van der Waals surface area contributed by atoms with E-state index in [2.05, 4.69) is 37.3 Å². The average Bonchev–Trinajstić information content (AvgIpc) is 3.26. The van der Waals surface area contributed by atoms with E-state index in [4.69, 9.17) is 0 Å². The third kappa shape index (κ3) is 4.40. The SMILES string of the molecule is C=C1Nc2nc(SCc3ccccc3F)nn2C(c2cccnc2)C1C(=O)Nc1cccnc1. The Balaban J connectivity index is 1.47. The summed E-state index contributed by atoms with van der Waals surface area (Å²) < 4.78 is 15.7. The zero-order valence-corrected chi connectivity index (χ0v) is 18.7. The van der Waals surface area contributed by atoms with Crippen LogP contribution in [-0.4, -0.2) is 30.6 Å². The number of benzene rings is 1. The van der Waals surface area contributed by atoms with E-state index in [0.29, 0.717) is 33.8 Å². The number of amides is 1. The van der Waals surface area contributed by atoms with E-state index in [0.717, 1.165) is 5.56 Å². The third-order valence-corrected chi connectivity index (χ3v) is 6.28. The van der Waals surface area contributed by atoms with Gasteiger partial charge in [-0.25, -0.2) is 9.07 Å². The standard InChI is InChI=1S/C24H20FN7OS/c1-15-20(22(33)29-18-8-5-11-27-13-18)21(16-7-4-10-26-12-16)32-23(28-15)30-24(31-32)34-14-17-6-2-3-9-19(17)25/h2-13,20-21H,1,14H2,(H,29,33)(H,28,30,31). The van der Waals surface area contributed by atoms with E-state index in [9.17, 15) is 9.18 Å². The van der Waals surface area contributed by atoms with Crippen LogP contribution in [0.15, 0.2) is 90.8 Å². The lowest BCUT2D eigenvalue weighted by molar-refractivity contribution is -0.119. The number of pyridine rings is 2. The van der Waals surface area contributed by atoms with Crippen molar-refractivity contribution in [3.8, 4) is 0 Å². The highest BCUT2D eigenvalue weighted by atomic mass is 32.2. The lowest BCUT2D eigenvalue weighted by Gasteiger charge is -2.33. The Labute approximate surface area is 199 Å². The molecule has 1 aromatic carbocycles. The Hall–Kier alpha value is -4.05. The van der Waals surface area contributed by atoms with Crippen LogP contribution in [0.3, 0.4) is 0 Å². The van der Waals surface area contributed by atoms with Crippen LogP contribution < -0.4 is 10.6 Å². The summed E-state index contributed by atoms with van der Waals surface area (Å²) in [5.74, 6) is -0.394. The maximum atomic E-state index is 14.0. The van der Waals surface area contributed by atoms with Gasteiger partial charge < -0.3 is 10.6 Å². The maximum absolute atomic E-state index is 14.0. The summed E-state index contributed by atoms with van der Waals surface area (Å²) in [6.45, 7) is 4.10. The van der Waals surface area contributed by atoms with Gasteiger partial charge in [-0.15, -0.1) is 5.10 Å². The first-order valence-electron chi connectivity index (χ1n) is 10.5. The number of carbonyl (C=O) groups is 1. The van der Waals surface area contributed by atoms with Gasteiger partial charge in [0.25, 0.3) is 0 Å². The molecule has 0 saturated carbocycles. The number of anilines is 2. The molecule has 5 rings (SSSR count). The van der Waals surface area contributed by atoms with Crippen molar-refractivity contribution in [2.24, 2.45) is 5.92 Å². The zero-order valence-electron chi connectivity index (χ0n) is 17.9. The minimum Gasteiger partial charge on any atom is -0.328 e. The molecule has 2 N–H and O–H groups in total. The molecule has 4 aromatic rings. The van der Waals surface area contributed by atoms with Crippen molar-refractivity contribution >= 4 is 29.3 Å². The van der Waals surface area contributed by atoms with Crippen LogP contribution in [0, 0.1) is 11.7 Å². The highest BCUT2D eigenvalue weighted by molar-refractivity contribution is 7.98. The number of nitrogens with zero attached hydrogens (tertiary/aromatic N) is 5. The first-order valence-corrected chi connectivity index (χ1v) is 11.5. The summed E-state index contributed by atoms with van der Waals surface area (Å²) in [5.41, 5.74) is 2.42. The number of halogens is 1. The average molecular weight is 474 g/mol. The van der Waals surface area contributed by atoms with Gasteiger partial charge in [-0.05, 0) is 35.4 Å². The fourth-order valence-electron chi connectivity index (χ4n) is 3.80. The van der Waals surface area contributed by atoms with Crippen molar-refractivity contribution in [2.45, 2.75) is 17.0 Å². The van der Waals surface area contributed by atoms with Gasteiger partial charge in [-0.1, -0.05) is 42.6 Å². The van der Waals surface area contributed by atoms with Gasteiger partial charge in [0.05, 0.1) is 17.9 Å². The molecular weight excluding hydrogens is 453 g/mol. The van der Waals surface area contributed by atoms with Gasteiger partial charge in [-0.2, -0.15) is 4.98 Å². The highest BCUT2D eigenvalue weighted by Crippen LogP contribution is 2.39. The van der Waals surface area contributed by atoms with Gasteiger partial charge in [0.2, 0.25) is 17.0 Å². The number of rotatable bonds is 6. The smallest absolute Gasteiger partial charge is 0.236 e. The molecular formula is C24H20FN7OS. The number of aromatic nitrogens is 5. The summed E-state index contributed by atoms with van der Waals surface area (Å²) in [6.07, 6.45) is 6.58. The number of carbonyl (C=O) groups excluding carboxylic acids is 1. The summed E-state index contributed by atoms with van der Waals surface area (Å²) in [5, 5.41) is 11.1. The number of hydrogen-bond donors (Lipinski definition) is 2. The van der Waals surface area contributed by atoms with Crippen LogP contribution in [-0.2, 0) is 10.5 Å². The fourth-order valence-corrected chi connectivity index (χ4v) is 4.61. The van der Waals surface area contributed by atoms with E-state index in [1.807, 2.05) is 6.07 Å². The van der Waals surface area contributed by atoms with Gasteiger partial charge in [0.1, 0.15) is 11.7 Å². The predicted octanol–water partition coefficient (Wildman–Crippen LogP) is 4.28. The number of thioether (sulfide) groups is 1. The van der Waals surface area contributed by atoms with E-state index >= 15 is 0 Å². The molecule has 8 nitrogen and oxygen atoms in total. The molecule has 170 valence electrons. The van der Waals surface area contributed by atoms with Gasteiger partial charge >= 0.3 is 0 Å². The quantitative estimate of drug-likeness (QED) is 0.403. The molecule has 0 bridgehead atoms. The largest absolute Gasteiger partial charge is 0.328 e. The molecule has 0 spiro atoms. The molecule has 2 atom stereocenters. The molecule has 1 aliphatic heterocycles. The van der Waals surface area contributed by atoms with Gasteiger partial charge in [-0.3, -0.25) is 14.8 Å². The highest BCUT2D eigenvalue weighted by Gasteiger charge is 2.40. The van der Waals surface area contributed by atoms with E-state index in [1.54, 1.807) is 65.9 Å². The Bertz CT molecular complexity index is 1330. The molecule has 4 heterocycles. The van der Waals surface area contributed by atoms with Crippen molar-refractivity contribution in [1.29, 1.82) is 0 Å². The minimum atomic E-state index is -0.692. The maximum Gasteiger partial charge on any atom is 0.236 e. The third-order valence-electron chi connectivity index (χ3n) is 5.39. The van der Waals surface area contributed by atoms with Crippen molar-refractivity contribution < 1.29 is 9.18 Å². The van der Waals surface area contributed by atoms with Crippen LogP contribution in [0.2, 0.25) is 0 Å². The Kier molecular flexibility index (Phi) is 6.05. The van der Waals surface area contributed by atoms with Crippen LogP contribution in [0.25, 0.3) is 0 Å². The molecule has 1 aliphatic rings. The second-order valence-electron chi connectivity index (χ2n) is 7.63. The Morgan fingerprint density at radius 3 is 2.65 bits per heavy atom. The molecule has 10 heteroatoms. The molecule has 0 fully saturated rings. The molecule has 1 amide bonds. The Morgan fingerprint density at radius 2 is 1.91 bits per heavy atom. The molecule has 3 aromatic heterocycles. The van der Waals surface area contributed by atoms with E-state index in [1.165, 1.54) is 17.8 Å². The lowest BCUT2D eigenvalue weighted by Crippen LogP contribution is -2.39. The predicted molar refractivity (Wildman–Crippen MR) is 127 cm³/mol. The second-order valence-corrected chi connectivity index (χ2v) is 8.58. The van der Waals surface area contributed by atoms with Crippen LogP contribution in [0.5, 0.6) is 0 Å². The first-order chi connectivity index (χ1) is 16.6. The van der Waals surface area contributed by atoms with Gasteiger partial charge in [0, 0.05) is 30.0 Å². The first kappa shape index (κ1) is 21.8. The summed E-state index contributed by atoms with van der Waals surface area (Å²) in [4.78, 5) is 26.2. The summed E-state index contributed by atoms with van der Waals surface area (Å²) in [7, 11) is 0. The molecule has 0 aliphatic carbocycles. The van der Waals surface area contributed by atoms with Crippen molar-refractivity contribution in [3.63, 3.8) is 0 Å². The van der Waals surface area contributed by atoms with Crippen LogP contribution in [0.4, 0.5) is 16.0 Å². The topological polar surface area (TPSA) is 97.6 Å². The monoisotopic (exact) mass is 473 g/mol. The summed E-state index contributed by atoms with van der Waals surface area (Å²) in [6, 6.07) is 13.3. The molecule has 34 heavy (non-hydrogen) atoms. The number of hydrogen-bond acceptors (Lipinski definition) is 7. The normalized spacial score (nSPS) is 17.0. The van der Waals surface area contributed by atoms with Crippen molar-refractivity contribution in [3.05, 3.63) is 103 Å². The van der Waals surface area contributed by atoms with E-state index in [-0.39, 0.29) is 11.7 Å². The zero-order chi connectivity index (χ0) is 23.5. The molecule has 0 saturated heterocycles. The fraction of sp³-hybridized carbons (Fsp3) is 0.125.